The molecule has 1 heterocycles. The summed E-state index contributed by atoms with van der Waals surface area (Å²) in [4.78, 5) is 18.4. The molecule has 0 amide bonds. The minimum absolute atomic E-state index is 0.0870. The summed E-state index contributed by atoms with van der Waals surface area (Å²) in [7, 11) is 0. The predicted molar refractivity (Wildman–Crippen MR) is 109 cm³/mol. The highest BCUT2D eigenvalue weighted by atomic mass is 32.2. The van der Waals surface area contributed by atoms with Crippen LogP contribution in [0.15, 0.2) is 40.4 Å². The average molecular weight is 366 g/mol. The fraction of sp³-hybridized carbons (Fsp3) is 0.565. The van der Waals surface area contributed by atoms with Crippen LogP contribution in [0, 0.1) is 5.41 Å². The molecular weight excluding hydrogens is 338 g/mol. The summed E-state index contributed by atoms with van der Waals surface area (Å²) in [5.74, 6) is 0.416. The molecule has 0 radical (unpaired) electrons. The molecular formula is C23H27NOS. The highest BCUT2D eigenvalue weighted by molar-refractivity contribution is 8.13. The second-order valence-electron chi connectivity index (χ2n) is 9.34. The first-order valence-corrected chi connectivity index (χ1v) is 11.0. The number of aliphatic imine (C=N–C) groups is 1. The normalized spacial score (nSPS) is 35.1. The average Bonchev–Trinajstić information content (AvgIpc) is 2.98. The van der Waals surface area contributed by atoms with Crippen LogP contribution in [0.25, 0.3) is 0 Å². The van der Waals surface area contributed by atoms with Gasteiger partial charge in [-0.25, -0.2) is 0 Å². The van der Waals surface area contributed by atoms with Gasteiger partial charge in [0.05, 0.1) is 11.6 Å². The first-order valence-electron chi connectivity index (χ1n) is 10.0. The van der Waals surface area contributed by atoms with Gasteiger partial charge in [-0.05, 0) is 48.6 Å². The molecule has 3 unspecified atom stereocenters. The van der Waals surface area contributed by atoms with E-state index in [9.17, 15) is 4.79 Å². The van der Waals surface area contributed by atoms with E-state index >= 15 is 0 Å². The lowest BCUT2D eigenvalue weighted by molar-refractivity contribution is -0.119. The molecule has 1 spiro atoms. The number of carbonyl (C=O) groups is 1. The number of hydrogen-bond acceptors (Lipinski definition) is 3. The summed E-state index contributed by atoms with van der Waals surface area (Å²) < 4.78 is 0. The number of allylic oxidation sites excluding steroid dienone is 1. The fourth-order valence-corrected chi connectivity index (χ4v) is 7.42. The molecule has 0 bridgehead atoms. The van der Waals surface area contributed by atoms with Crippen LogP contribution < -0.4 is 0 Å². The van der Waals surface area contributed by atoms with Gasteiger partial charge in [-0.1, -0.05) is 50.1 Å². The van der Waals surface area contributed by atoms with Crippen LogP contribution in [0.5, 0.6) is 0 Å². The Morgan fingerprint density at radius 1 is 1.15 bits per heavy atom. The third-order valence-electron chi connectivity index (χ3n) is 6.93. The third-order valence-corrected chi connectivity index (χ3v) is 8.18. The van der Waals surface area contributed by atoms with E-state index in [4.69, 9.17) is 4.99 Å². The van der Waals surface area contributed by atoms with Crippen molar-refractivity contribution in [1.29, 1.82) is 0 Å². The number of fused-ring (bicyclic) bond motifs is 5. The number of ketones is 1. The largest absolute Gasteiger partial charge is 0.294 e. The Balaban J connectivity index is 1.79. The van der Waals surface area contributed by atoms with Gasteiger partial charge in [0.25, 0.3) is 0 Å². The number of thioether (sulfide) groups is 1. The Morgan fingerprint density at radius 2 is 2.00 bits per heavy atom. The molecule has 1 aromatic carbocycles. The zero-order valence-corrected chi connectivity index (χ0v) is 16.6. The highest BCUT2D eigenvalue weighted by Crippen LogP contribution is 2.59. The molecule has 5 rings (SSSR count). The van der Waals surface area contributed by atoms with E-state index < -0.39 is 0 Å². The SMILES string of the molecule is CC1(C)CC(=O)C2=C(CC3N=CSC3C23CCCCc2ccccc23)C1. The van der Waals surface area contributed by atoms with Gasteiger partial charge in [-0.2, -0.15) is 0 Å². The van der Waals surface area contributed by atoms with E-state index in [-0.39, 0.29) is 10.8 Å². The number of Topliss-reactive ketones (excluding diaryl/α,β-unsaturated/α-hetero) is 1. The molecule has 4 aliphatic rings. The van der Waals surface area contributed by atoms with Crippen molar-refractivity contribution in [3.05, 3.63) is 46.5 Å². The number of rotatable bonds is 0. The lowest BCUT2D eigenvalue weighted by atomic mass is 9.56. The van der Waals surface area contributed by atoms with Crippen molar-refractivity contribution in [1.82, 2.24) is 0 Å². The molecule has 136 valence electrons. The van der Waals surface area contributed by atoms with Crippen LogP contribution in [0.3, 0.4) is 0 Å². The molecule has 0 fully saturated rings. The molecule has 26 heavy (non-hydrogen) atoms. The number of aryl methyl sites for hydroxylation is 1. The molecule has 0 saturated carbocycles. The summed E-state index contributed by atoms with van der Waals surface area (Å²) in [6.07, 6.45) is 7.41. The summed E-state index contributed by atoms with van der Waals surface area (Å²) >= 11 is 1.88. The van der Waals surface area contributed by atoms with Crippen LogP contribution >= 0.6 is 11.8 Å². The molecule has 2 nitrogen and oxygen atoms in total. The van der Waals surface area contributed by atoms with E-state index in [2.05, 4.69) is 43.7 Å². The molecule has 3 heteroatoms. The maximum Gasteiger partial charge on any atom is 0.160 e. The minimum Gasteiger partial charge on any atom is -0.294 e. The zero-order valence-electron chi connectivity index (χ0n) is 15.8. The number of benzene rings is 1. The summed E-state index contributed by atoms with van der Waals surface area (Å²) in [6.45, 7) is 4.50. The van der Waals surface area contributed by atoms with Crippen molar-refractivity contribution in [3.63, 3.8) is 0 Å². The van der Waals surface area contributed by atoms with Gasteiger partial charge < -0.3 is 0 Å². The minimum atomic E-state index is -0.125. The van der Waals surface area contributed by atoms with Crippen molar-refractivity contribution in [2.45, 2.75) is 75.5 Å². The summed E-state index contributed by atoms with van der Waals surface area (Å²) in [6, 6.07) is 9.29. The van der Waals surface area contributed by atoms with Gasteiger partial charge in [0, 0.05) is 22.7 Å². The van der Waals surface area contributed by atoms with Crippen LogP contribution in [0.4, 0.5) is 0 Å². The second-order valence-corrected chi connectivity index (χ2v) is 10.3. The van der Waals surface area contributed by atoms with Gasteiger partial charge in [0.15, 0.2) is 5.78 Å². The van der Waals surface area contributed by atoms with E-state index in [1.807, 2.05) is 11.8 Å². The zero-order chi connectivity index (χ0) is 17.9. The maximum absolute atomic E-state index is 13.5. The predicted octanol–water partition coefficient (Wildman–Crippen LogP) is 5.25. The Bertz CT molecular complexity index is 836. The van der Waals surface area contributed by atoms with Crippen molar-refractivity contribution in [2.75, 3.05) is 0 Å². The van der Waals surface area contributed by atoms with E-state index in [1.54, 1.807) is 0 Å². The number of nitrogens with zero attached hydrogens (tertiary/aromatic N) is 1. The molecule has 0 aromatic heterocycles. The van der Waals surface area contributed by atoms with Crippen LogP contribution in [0.2, 0.25) is 0 Å². The van der Waals surface area contributed by atoms with Crippen LogP contribution in [0.1, 0.15) is 63.5 Å². The van der Waals surface area contributed by atoms with Crippen molar-refractivity contribution in [3.8, 4) is 0 Å². The second kappa shape index (κ2) is 5.82. The highest BCUT2D eigenvalue weighted by Gasteiger charge is 2.56. The topological polar surface area (TPSA) is 29.4 Å². The van der Waals surface area contributed by atoms with Crippen molar-refractivity contribution in [2.24, 2.45) is 10.4 Å². The van der Waals surface area contributed by atoms with Crippen molar-refractivity contribution < 1.29 is 4.79 Å². The first-order chi connectivity index (χ1) is 12.5. The van der Waals surface area contributed by atoms with E-state index in [0.717, 1.165) is 25.7 Å². The standard InChI is InChI=1S/C23H27NOS/c1-22(2)12-16-11-18-21(26-14-24-18)23(20(16)19(25)13-22)10-6-5-8-15-7-3-4-9-17(15)23/h3-4,7,9,14,18,21H,5-6,8,10-13H2,1-2H3. The quantitative estimate of drug-likeness (QED) is 0.628. The molecule has 1 aromatic rings. The first kappa shape index (κ1) is 16.8. The number of carbonyl (C=O) groups excluding carboxylic acids is 1. The fourth-order valence-electron chi connectivity index (χ4n) is 6.12. The molecule has 0 N–H and O–H groups in total. The van der Waals surface area contributed by atoms with Gasteiger partial charge >= 0.3 is 0 Å². The molecule has 3 atom stereocenters. The molecule has 1 aliphatic heterocycles. The summed E-state index contributed by atoms with van der Waals surface area (Å²) in [5, 5.41) is 0.394. The Kier molecular flexibility index (Phi) is 3.76. The van der Waals surface area contributed by atoms with Crippen LogP contribution in [-0.2, 0) is 16.6 Å². The summed E-state index contributed by atoms with van der Waals surface area (Å²) in [5.41, 5.74) is 7.55. The van der Waals surface area contributed by atoms with E-state index in [0.29, 0.717) is 23.5 Å². The number of hydrogen-bond donors (Lipinski definition) is 0. The Hall–Kier alpha value is -1.35. The Morgan fingerprint density at radius 3 is 2.88 bits per heavy atom. The monoisotopic (exact) mass is 365 g/mol. The Labute approximate surface area is 160 Å². The van der Waals surface area contributed by atoms with E-state index in [1.165, 1.54) is 35.1 Å². The molecule has 3 aliphatic carbocycles. The smallest absolute Gasteiger partial charge is 0.160 e. The lowest BCUT2D eigenvalue weighted by Crippen LogP contribution is -2.52. The van der Waals surface area contributed by atoms with Crippen LogP contribution in [-0.4, -0.2) is 22.6 Å². The van der Waals surface area contributed by atoms with Gasteiger partial charge in [0.1, 0.15) is 0 Å². The van der Waals surface area contributed by atoms with Crippen molar-refractivity contribution >= 4 is 23.1 Å². The van der Waals surface area contributed by atoms with Gasteiger partial charge in [-0.15, -0.1) is 11.8 Å². The molecule has 0 saturated heterocycles. The van der Waals surface area contributed by atoms with Gasteiger partial charge in [0.2, 0.25) is 0 Å². The van der Waals surface area contributed by atoms with Gasteiger partial charge in [-0.3, -0.25) is 9.79 Å². The maximum atomic E-state index is 13.5. The third kappa shape index (κ3) is 2.32. The lowest BCUT2D eigenvalue weighted by Gasteiger charge is -2.50.